The minimum Gasteiger partial charge on any atom is -0.381 e. The molecule has 0 radical (unpaired) electrons. The van der Waals surface area contributed by atoms with Gasteiger partial charge in [0.15, 0.2) is 5.82 Å². The minimum absolute atomic E-state index is 0.591. The Morgan fingerprint density at radius 3 is 2.94 bits per heavy atom. The average Bonchev–Trinajstić information content (AvgIpc) is 2.65. The van der Waals surface area contributed by atoms with Crippen LogP contribution in [0.25, 0.3) is 0 Å². The van der Waals surface area contributed by atoms with E-state index in [-0.39, 0.29) is 0 Å². The van der Waals surface area contributed by atoms with Crippen molar-refractivity contribution in [1.82, 2.24) is 25.5 Å². The fourth-order valence-corrected chi connectivity index (χ4v) is 1.32. The Balaban J connectivity index is 2.18. The fourth-order valence-electron chi connectivity index (χ4n) is 1.32. The molecule has 1 rings (SSSR count). The second-order valence-electron chi connectivity index (χ2n) is 4.17. The molecule has 0 saturated heterocycles. The van der Waals surface area contributed by atoms with Crippen LogP contribution in [0.3, 0.4) is 0 Å². The van der Waals surface area contributed by atoms with E-state index >= 15 is 0 Å². The second-order valence-corrected chi connectivity index (χ2v) is 4.17. The number of hydrogen-bond donors (Lipinski definition) is 1. The van der Waals surface area contributed by atoms with Crippen LogP contribution in [0.5, 0.6) is 0 Å². The molecule has 0 atom stereocenters. The zero-order chi connectivity index (χ0) is 11.8. The molecule has 0 aliphatic heterocycles. The fraction of sp³-hybridized carbons (Fsp3) is 0.900. The Morgan fingerprint density at radius 1 is 1.44 bits per heavy atom. The molecule has 0 bridgehead atoms. The topological polar surface area (TPSA) is 64.9 Å². The summed E-state index contributed by atoms with van der Waals surface area (Å²) in [6.07, 6.45) is 0.939. The van der Waals surface area contributed by atoms with Crippen LogP contribution in [0.1, 0.15) is 26.1 Å². The molecule has 1 aromatic rings. The molecule has 92 valence electrons. The molecule has 0 saturated carbocycles. The molecule has 6 heteroatoms. The van der Waals surface area contributed by atoms with Gasteiger partial charge in [0, 0.05) is 19.8 Å². The summed E-state index contributed by atoms with van der Waals surface area (Å²) >= 11 is 0. The van der Waals surface area contributed by atoms with E-state index in [2.05, 4.69) is 34.7 Å². The van der Waals surface area contributed by atoms with Gasteiger partial charge >= 0.3 is 0 Å². The highest BCUT2D eigenvalue weighted by atomic mass is 16.5. The van der Waals surface area contributed by atoms with Gasteiger partial charge < -0.3 is 10.1 Å². The highest BCUT2D eigenvalue weighted by molar-refractivity contribution is 4.78. The molecule has 0 aromatic carbocycles. The summed E-state index contributed by atoms with van der Waals surface area (Å²) in [6, 6.07) is 0. The lowest BCUT2D eigenvalue weighted by Gasteiger charge is -2.07. The van der Waals surface area contributed by atoms with Crippen LogP contribution in [-0.4, -0.2) is 40.5 Å². The molecule has 0 fully saturated rings. The zero-order valence-electron chi connectivity index (χ0n) is 10.3. The normalized spacial score (nSPS) is 11.2. The smallest absolute Gasteiger partial charge is 0.165 e. The molecule has 0 spiro atoms. The highest BCUT2D eigenvalue weighted by Gasteiger charge is 2.03. The van der Waals surface area contributed by atoms with Gasteiger partial charge in [-0.2, -0.15) is 0 Å². The number of tetrazole rings is 1. The van der Waals surface area contributed by atoms with Crippen LogP contribution in [0.15, 0.2) is 0 Å². The summed E-state index contributed by atoms with van der Waals surface area (Å²) < 4.78 is 7.31. The summed E-state index contributed by atoms with van der Waals surface area (Å²) in [6.45, 7) is 7.37. The van der Waals surface area contributed by atoms with E-state index in [0.717, 1.165) is 32.0 Å². The van der Waals surface area contributed by atoms with Crippen molar-refractivity contribution in [1.29, 1.82) is 0 Å². The number of aryl methyl sites for hydroxylation is 1. The van der Waals surface area contributed by atoms with Crippen LogP contribution >= 0.6 is 0 Å². The summed E-state index contributed by atoms with van der Waals surface area (Å²) in [5.74, 6) is 1.46. The molecule has 6 nitrogen and oxygen atoms in total. The van der Waals surface area contributed by atoms with E-state index in [1.807, 2.05) is 11.7 Å². The van der Waals surface area contributed by atoms with Crippen molar-refractivity contribution in [2.75, 3.05) is 20.3 Å². The van der Waals surface area contributed by atoms with Crippen molar-refractivity contribution in [3.05, 3.63) is 5.82 Å². The van der Waals surface area contributed by atoms with Crippen molar-refractivity contribution < 1.29 is 4.74 Å². The predicted molar refractivity (Wildman–Crippen MR) is 60.9 cm³/mol. The molecular weight excluding hydrogens is 206 g/mol. The van der Waals surface area contributed by atoms with Gasteiger partial charge in [0.2, 0.25) is 0 Å². The maximum Gasteiger partial charge on any atom is 0.165 e. The van der Waals surface area contributed by atoms with Crippen molar-refractivity contribution >= 4 is 0 Å². The van der Waals surface area contributed by atoms with Crippen LogP contribution in [0.2, 0.25) is 0 Å². The third-order valence-electron chi connectivity index (χ3n) is 2.05. The standard InChI is InChI=1S/C10H21N5O/c1-9(2)8-16-6-4-5-15-10(7-11-3)12-13-14-15/h9,11H,4-8H2,1-3H3. The molecule has 1 N–H and O–H groups in total. The molecule has 0 aliphatic carbocycles. The molecular formula is C10H21N5O. The third-order valence-corrected chi connectivity index (χ3v) is 2.05. The van der Waals surface area contributed by atoms with E-state index in [1.165, 1.54) is 0 Å². The minimum atomic E-state index is 0.591. The lowest BCUT2D eigenvalue weighted by atomic mass is 10.2. The Hall–Kier alpha value is -1.01. The molecule has 1 aromatic heterocycles. The van der Waals surface area contributed by atoms with Crippen molar-refractivity contribution in [2.45, 2.75) is 33.4 Å². The quantitative estimate of drug-likeness (QED) is 0.653. The third kappa shape index (κ3) is 4.67. The molecule has 0 aliphatic rings. The van der Waals surface area contributed by atoms with Crippen LogP contribution < -0.4 is 5.32 Å². The van der Waals surface area contributed by atoms with Crippen molar-refractivity contribution in [3.8, 4) is 0 Å². The van der Waals surface area contributed by atoms with Crippen LogP contribution in [0.4, 0.5) is 0 Å². The average molecular weight is 227 g/mol. The molecule has 1 heterocycles. The van der Waals surface area contributed by atoms with E-state index in [9.17, 15) is 0 Å². The number of aromatic nitrogens is 4. The zero-order valence-corrected chi connectivity index (χ0v) is 10.3. The van der Waals surface area contributed by atoms with Crippen LogP contribution in [0, 0.1) is 5.92 Å². The van der Waals surface area contributed by atoms with Gasteiger partial charge in [-0.25, -0.2) is 4.68 Å². The number of hydrogen-bond acceptors (Lipinski definition) is 5. The van der Waals surface area contributed by atoms with Gasteiger partial charge in [-0.05, 0) is 29.8 Å². The Morgan fingerprint density at radius 2 is 2.25 bits per heavy atom. The van der Waals surface area contributed by atoms with Crippen molar-refractivity contribution in [2.24, 2.45) is 5.92 Å². The number of nitrogens with zero attached hydrogens (tertiary/aromatic N) is 4. The molecule has 16 heavy (non-hydrogen) atoms. The number of rotatable bonds is 8. The first-order valence-corrected chi connectivity index (χ1v) is 5.71. The summed E-state index contributed by atoms with van der Waals surface area (Å²) in [7, 11) is 1.88. The van der Waals surface area contributed by atoms with Crippen LogP contribution in [-0.2, 0) is 17.8 Å². The first kappa shape index (κ1) is 13.1. The largest absolute Gasteiger partial charge is 0.381 e. The Labute approximate surface area is 96.4 Å². The predicted octanol–water partition coefficient (Wildman–Crippen LogP) is 0.455. The van der Waals surface area contributed by atoms with Gasteiger partial charge in [-0.15, -0.1) is 5.10 Å². The summed E-state index contributed by atoms with van der Waals surface area (Å²) in [5, 5.41) is 14.5. The lowest BCUT2D eigenvalue weighted by Crippen LogP contribution is -2.14. The summed E-state index contributed by atoms with van der Waals surface area (Å²) in [4.78, 5) is 0. The van der Waals surface area contributed by atoms with Gasteiger partial charge in [-0.1, -0.05) is 13.8 Å². The molecule has 0 unspecified atom stereocenters. The van der Waals surface area contributed by atoms with Gasteiger partial charge in [0.1, 0.15) is 0 Å². The first-order chi connectivity index (χ1) is 7.74. The maximum absolute atomic E-state index is 5.50. The second kappa shape index (κ2) is 7.29. The van der Waals surface area contributed by atoms with E-state index in [1.54, 1.807) is 0 Å². The number of ether oxygens (including phenoxy) is 1. The van der Waals surface area contributed by atoms with Gasteiger partial charge in [0.25, 0.3) is 0 Å². The van der Waals surface area contributed by atoms with Gasteiger partial charge in [0.05, 0.1) is 6.54 Å². The Kier molecular flexibility index (Phi) is 5.95. The highest BCUT2D eigenvalue weighted by Crippen LogP contribution is 1.97. The summed E-state index contributed by atoms with van der Waals surface area (Å²) in [5.41, 5.74) is 0. The lowest BCUT2D eigenvalue weighted by molar-refractivity contribution is 0.104. The van der Waals surface area contributed by atoms with E-state index in [0.29, 0.717) is 12.5 Å². The van der Waals surface area contributed by atoms with Crippen molar-refractivity contribution in [3.63, 3.8) is 0 Å². The monoisotopic (exact) mass is 227 g/mol. The Bertz CT molecular complexity index is 286. The number of nitrogens with one attached hydrogen (secondary N) is 1. The van der Waals surface area contributed by atoms with E-state index < -0.39 is 0 Å². The van der Waals surface area contributed by atoms with E-state index in [4.69, 9.17) is 4.74 Å². The first-order valence-electron chi connectivity index (χ1n) is 5.71. The SMILES string of the molecule is CNCc1nnnn1CCCOCC(C)C. The van der Waals surface area contributed by atoms with Gasteiger partial charge in [-0.3, -0.25) is 0 Å². The molecule has 0 amide bonds. The maximum atomic E-state index is 5.50.